The van der Waals surface area contributed by atoms with Gasteiger partial charge in [-0.15, -0.1) is 0 Å². The molecule has 1 aliphatic rings. The molecule has 0 spiro atoms. The molecule has 7 nitrogen and oxygen atoms in total. The zero-order valence-electron chi connectivity index (χ0n) is 16.1. The van der Waals surface area contributed by atoms with Crippen LogP contribution in [0.1, 0.15) is 24.5 Å². The molecule has 0 aliphatic carbocycles. The lowest BCUT2D eigenvalue weighted by molar-refractivity contribution is -0.134. The first kappa shape index (κ1) is 19.4. The Hall–Kier alpha value is -3.35. The second-order valence-electron chi connectivity index (χ2n) is 6.70. The highest BCUT2D eigenvalue weighted by molar-refractivity contribution is 6.10. The Bertz CT molecular complexity index is 913. The summed E-state index contributed by atoms with van der Waals surface area (Å²) in [6.45, 7) is 3.34. The maximum Gasteiger partial charge on any atom is 0.325 e. The van der Waals surface area contributed by atoms with Gasteiger partial charge in [0.05, 0.1) is 12.8 Å². The number of nitrogens with one attached hydrogen (secondary N) is 2. The molecule has 1 atom stereocenters. The molecule has 0 radical (unpaired) electrons. The monoisotopic (exact) mass is 381 g/mol. The van der Waals surface area contributed by atoms with E-state index in [9.17, 15) is 14.4 Å². The molecule has 4 amide bonds. The van der Waals surface area contributed by atoms with Gasteiger partial charge < -0.3 is 15.4 Å². The van der Waals surface area contributed by atoms with Crippen LogP contribution in [0.2, 0.25) is 0 Å². The SMILES string of the molecule is CC[C@@]1(c2ccccc2)NC(=O)N(CC(=O)Nc2cc(C)ccc2OC)C1=O. The van der Waals surface area contributed by atoms with Crippen LogP contribution >= 0.6 is 0 Å². The van der Waals surface area contributed by atoms with E-state index in [0.29, 0.717) is 23.4 Å². The Kier molecular flexibility index (Phi) is 5.35. The Morgan fingerprint density at radius 2 is 1.89 bits per heavy atom. The van der Waals surface area contributed by atoms with Crippen molar-refractivity contribution < 1.29 is 19.1 Å². The number of urea groups is 1. The third kappa shape index (κ3) is 3.43. The second-order valence-corrected chi connectivity index (χ2v) is 6.70. The number of anilines is 1. The van der Waals surface area contributed by atoms with Gasteiger partial charge in [-0.25, -0.2) is 4.79 Å². The fraction of sp³-hybridized carbons (Fsp3) is 0.286. The number of benzene rings is 2. The Balaban J connectivity index is 1.79. The fourth-order valence-corrected chi connectivity index (χ4v) is 3.38. The van der Waals surface area contributed by atoms with Crippen molar-refractivity contribution in [3.8, 4) is 5.75 Å². The molecule has 2 N–H and O–H groups in total. The highest BCUT2D eigenvalue weighted by atomic mass is 16.5. The van der Waals surface area contributed by atoms with Gasteiger partial charge in [-0.2, -0.15) is 0 Å². The van der Waals surface area contributed by atoms with E-state index >= 15 is 0 Å². The van der Waals surface area contributed by atoms with Gasteiger partial charge in [-0.3, -0.25) is 14.5 Å². The standard InChI is InChI=1S/C21H23N3O4/c1-4-21(15-8-6-5-7-9-15)19(26)24(20(27)23-21)13-18(25)22-16-12-14(2)10-11-17(16)28-3/h5-12H,4,13H2,1-3H3,(H,22,25)(H,23,27)/t21-/m0/s1. The summed E-state index contributed by atoms with van der Waals surface area (Å²) in [7, 11) is 1.51. The van der Waals surface area contributed by atoms with Crippen LogP contribution in [0.5, 0.6) is 5.75 Å². The lowest BCUT2D eigenvalue weighted by Gasteiger charge is -2.25. The van der Waals surface area contributed by atoms with E-state index in [1.165, 1.54) is 7.11 Å². The molecule has 7 heteroatoms. The van der Waals surface area contributed by atoms with Crippen LogP contribution in [0.25, 0.3) is 0 Å². The second kappa shape index (κ2) is 7.72. The van der Waals surface area contributed by atoms with E-state index in [1.807, 2.05) is 38.1 Å². The maximum atomic E-state index is 13.1. The molecule has 1 fully saturated rings. The number of nitrogens with zero attached hydrogens (tertiary/aromatic N) is 1. The van der Waals surface area contributed by atoms with Gasteiger partial charge in [-0.05, 0) is 36.6 Å². The van der Waals surface area contributed by atoms with Gasteiger partial charge in [0, 0.05) is 0 Å². The summed E-state index contributed by atoms with van der Waals surface area (Å²) in [5.41, 5.74) is 0.975. The lowest BCUT2D eigenvalue weighted by atomic mass is 9.87. The van der Waals surface area contributed by atoms with Crippen LogP contribution in [-0.2, 0) is 15.1 Å². The third-order valence-electron chi connectivity index (χ3n) is 4.90. The smallest absolute Gasteiger partial charge is 0.325 e. The lowest BCUT2D eigenvalue weighted by Crippen LogP contribution is -2.44. The number of aryl methyl sites for hydroxylation is 1. The normalized spacial score (nSPS) is 18.8. The van der Waals surface area contributed by atoms with Crippen LogP contribution in [0.15, 0.2) is 48.5 Å². The van der Waals surface area contributed by atoms with E-state index in [4.69, 9.17) is 4.74 Å². The molecular formula is C21H23N3O4. The van der Waals surface area contributed by atoms with Crippen LogP contribution in [-0.4, -0.2) is 36.4 Å². The number of methoxy groups -OCH3 is 1. The first-order valence-electron chi connectivity index (χ1n) is 9.05. The maximum absolute atomic E-state index is 13.1. The molecule has 1 aliphatic heterocycles. The van der Waals surface area contributed by atoms with Crippen molar-refractivity contribution in [2.24, 2.45) is 0 Å². The van der Waals surface area contributed by atoms with Crippen LogP contribution in [0.4, 0.5) is 10.5 Å². The van der Waals surface area contributed by atoms with Crippen molar-refractivity contribution in [2.75, 3.05) is 19.0 Å². The van der Waals surface area contributed by atoms with Crippen LogP contribution in [0.3, 0.4) is 0 Å². The highest BCUT2D eigenvalue weighted by Gasteiger charge is 2.51. The molecular weight excluding hydrogens is 358 g/mol. The minimum absolute atomic E-state index is 0.379. The number of carbonyl (C=O) groups is 3. The van der Waals surface area contributed by atoms with Crippen LogP contribution < -0.4 is 15.4 Å². The first-order chi connectivity index (χ1) is 13.4. The summed E-state index contributed by atoms with van der Waals surface area (Å²) in [5, 5.41) is 5.48. The summed E-state index contributed by atoms with van der Waals surface area (Å²) < 4.78 is 5.25. The summed E-state index contributed by atoms with van der Waals surface area (Å²) in [6.07, 6.45) is 0.380. The van der Waals surface area contributed by atoms with Crippen molar-refractivity contribution in [2.45, 2.75) is 25.8 Å². The molecule has 1 saturated heterocycles. The predicted molar refractivity (Wildman–Crippen MR) is 105 cm³/mol. The van der Waals surface area contributed by atoms with Crippen molar-refractivity contribution in [3.63, 3.8) is 0 Å². The van der Waals surface area contributed by atoms with Gasteiger partial charge in [0.15, 0.2) is 0 Å². The fourth-order valence-electron chi connectivity index (χ4n) is 3.38. The Morgan fingerprint density at radius 3 is 2.54 bits per heavy atom. The highest BCUT2D eigenvalue weighted by Crippen LogP contribution is 2.32. The largest absolute Gasteiger partial charge is 0.495 e. The van der Waals surface area contributed by atoms with E-state index < -0.39 is 23.4 Å². The molecule has 0 unspecified atom stereocenters. The van der Waals surface area contributed by atoms with Crippen molar-refractivity contribution in [3.05, 3.63) is 59.7 Å². The summed E-state index contributed by atoms with van der Waals surface area (Å²) in [4.78, 5) is 39.0. The van der Waals surface area contributed by atoms with E-state index in [0.717, 1.165) is 10.5 Å². The minimum Gasteiger partial charge on any atom is -0.495 e. The Labute approximate surface area is 163 Å². The van der Waals surface area contributed by atoms with E-state index in [2.05, 4.69) is 10.6 Å². The molecule has 0 bridgehead atoms. The molecule has 2 aromatic carbocycles. The Morgan fingerprint density at radius 1 is 1.18 bits per heavy atom. The van der Waals surface area contributed by atoms with E-state index in [-0.39, 0.29) is 6.54 Å². The van der Waals surface area contributed by atoms with Gasteiger partial charge >= 0.3 is 6.03 Å². The van der Waals surface area contributed by atoms with Crippen molar-refractivity contribution in [1.29, 1.82) is 0 Å². The zero-order valence-corrected chi connectivity index (χ0v) is 16.1. The van der Waals surface area contributed by atoms with Gasteiger partial charge in [0.1, 0.15) is 17.8 Å². The third-order valence-corrected chi connectivity index (χ3v) is 4.90. The number of hydrogen-bond acceptors (Lipinski definition) is 4. The van der Waals surface area contributed by atoms with Crippen molar-refractivity contribution in [1.82, 2.24) is 10.2 Å². The number of rotatable bonds is 6. The van der Waals surface area contributed by atoms with Gasteiger partial charge in [-0.1, -0.05) is 43.3 Å². The quantitative estimate of drug-likeness (QED) is 0.753. The number of hydrogen-bond donors (Lipinski definition) is 2. The van der Waals surface area contributed by atoms with Crippen LogP contribution in [0, 0.1) is 6.92 Å². The minimum atomic E-state index is -1.15. The molecule has 3 rings (SSSR count). The molecule has 0 saturated carbocycles. The molecule has 1 heterocycles. The molecule has 0 aromatic heterocycles. The number of carbonyl (C=O) groups excluding carboxylic acids is 3. The number of ether oxygens (including phenoxy) is 1. The average Bonchev–Trinajstić information content (AvgIpc) is 2.94. The number of amides is 4. The summed E-state index contributed by atoms with van der Waals surface area (Å²) in [5.74, 6) is -0.409. The van der Waals surface area contributed by atoms with Gasteiger partial charge in [0.2, 0.25) is 5.91 Å². The zero-order chi connectivity index (χ0) is 20.3. The van der Waals surface area contributed by atoms with E-state index in [1.54, 1.807) is 24.3 Å². The summed E-state index contributed by atoms with van der Waals surface area (Å²) >= 11 is 0. The van der Waals surface area contributed by atoms with Crippen molar-refractivity contribution >= 4 is 23.5 Å². The molecule has 146 valence electrons. The first-order valence-corrected chi connectivity index (χ1v) is 9.05. The number of imide groups is 1. The average molecular weight is 381 g/mol. The van der Waals surface area contributed by atoms with Gasteiger partial charge in [0.25, 0.3) is 5.91 Å². The predicted octanol–water partition coefficient (Wildman–Crippen LogP) is 2.80. The topological polar surface area (TPSA) is 87.7 Å². The molecule has 2 aromatic rings. The summed E-state index contributed by atoms with van der Waals surface area (Å²) in [6, 6.07) is 13.8. The molecule has 28 heavy (non-hydrogen) atoms.